The number of halogens is 1. The maximum Gasteiger partial charge on any atom is 0.415 e. The highest BCUT2D eigenvalue weighted by Crippen LogP contribution is 2.48. The van der Waals surface area contributed by atoms with Crippen molar-refractivity contribution in [3.8, 4) is 11.6 Å². The number of ether oxygens (including phenoxy) is 4. The molecule has 1 atom stereocenters. The Morgan fingerprint density at radius 2 is 1.91 bits per heavy atom. The number of hydrogen-bond acceptors (Lipinski definition) is 10. The molecule has 0 radical (unpaired) electrons. The van der Waals surface area contributed by atoms with E-state index in [0.29, 0.717) is 43.1 Å². The molecule has 6 heterocycles. The number of nitrogens with one attached hydrogen (secondary N) is 2. The van der Waals surface area contributed by atoms with Crippen molar-refractivity contribution in [3.63, 3.8) is 0 Å². The van der Waals surface area contributed by atoms with E-state index in [1.165, 1.54) is 12.0 Å². The van der Waals surface area contributed by atoms with Gasteiger partial charge in [0.05, 0.1) is 42.8 Å². The second kappa shape index (κ2) is 12.4. The number of carbonyl (C=O) groups is 2. The van der Waals surface area contributed by atoms with Crippen LogP contribution < -0.4 is 25.0 Å². The lowest BCUT2D eigenvalue weighted by molar-refractivity contribution is -0.171. The summed E-state index contributed by atoms with van der Waals surface area (Å²) in [5, 5.41) is 6.39. The number of nitrogens with zero attached hydrogens (tertiary/aromatic N) is 4. The topological polar surface area (TPSA) is 137 Å². The van der Waals surface area contributed by atoms with E-state index < -0.39 is 23.6 Å². The number of fused-ring (bicyclic) bond motifs is 5. The normalized spacial score (nSPS) is 22.1. The van der Waals surface area contributed by atoms with Crippen LogP contribution in [0.4, 0.5) is 20.7 Å². The monoisotopic (exact) mass is 642 g/mol. The molecule has 1 aromatic carbocycles. The van der Waals surface area contributed by atoms with Crippen LogP contribution in [0.15, 0.2) is 60.8 Å². The molecule has 3 aromatic heterocycles. The number of pyridine rings is 3. The number of hydrogen-bond donors (Lipinski definition) is 2. The highest BCUT2D eigenvalue weighted by Gasteiger charge is 2.55. The number of methoxy groups -OCH3 is 1. The summed E-state index contributed by atoms with van der Waals surface area (Å²) in [6.45, 7) is 2.71. The molecule has 12 nitrogen and oxygen atoms in total. The van der Waals surface area contributed by atoms with Gasteiger partial charge in [0.2, 0.25) is 5.88 Å². The van der Waals surface area contributed by atoms with Gasteiger partial charge < -0.3 is 29.6 Å². The molecule has 2 amide bonds. The molecule has 13 heteroatoms. The highest BCUT2D eigenvalue weighted by molar-refractivity contribution is 5.99. The van der Waals surface area contributed by atoms with Gasteiger partial charge >= 0.3 is 6.09 Å². The third kappa shape index (κ3) is 5.92. The van der Waals surface area contributed by atoms with E-state index >= 15 is 4.39 Å². The van der Waals surface area contributed by atoms with Crippen LogP contribution in [0.1, 0.15) is 43.9 Å². The molecule has 3 aliphatic heterocycles. The smallest absolute Gasteiger partial charge is 0.415 e. The summed E-state index contributed by atoms with van der Waals surface area (Å²) >= 11 is 0. The second-order valence-electron chi connectivity index (χ2n) is 12.2. The molecule has 3 fully saturated rings. The van der Waals surface area contributed by atoms with E-state index in [0.717, 1.165) is 30.3 Å². The third-order valence-electron chi connectivity index (χ3n) is 9.48. The van der Waals surface area contributed by atoms with Crippen molar-refractivity contribution >= 4 is 34.5 Å². The Bertz CT molecular complexity index is 1800. The Labute approximate surface area is 270 Å². The van der Waals surface area contributed by atoms with Crippen molar-refractivity contribution in [2.45, 2.75) is 62.9 Å². The van der Waals surface area contributed by atoms with Crippen molar-refractivity contribution < 1.29 is 32.9 Å². The molecule has 4 aromatic rings. The van der Waals surface area contributed by atoms with Gasteiger partial charge in [0.25, 0.3) is 5.91 Å². The van der Waals surface area contributed by atoms with E-state index in [2.05, 4.69) is 25.6 Å². The number of benzene rings is 1. The molecule has 1 unspecified atom stereocenters. The zero-order chi connectivity index (χ0) is 32.6. The first-order valence-corrected chi connectivity index (χ1v) is 15.6. The van der Waals surface area contributed by atoms with Crippen LogP contribution in [0, 0.1) is 5.82 Å². The number of amides is 2. The molecule has 4 aliphatic rings. The standard InChI is InChI=1S/C34H35FN6O6/c1-21(34-14-12-33(13-15-34,20-47-34)37-16-23-8-10-26-31(38-23)39-27(42)19-45-26)41(32(43)46-18-22-6-4-3-5-7-22)30-24(35)17-36-25-9-11-28(44-2)40-29(25)30/h3-11,17,21,37H,12-16,18-20H2,1-2H3,(H,38,39,42). The van der Waals surface area contributed by atoms with E-state index in [1.54, 1.807) is 18.2 Å². The van der Waals surface area contributed by atoms with Gasteiger partial charge in [0.1, 0.15) is 17.8 Å². The molecule has 0 spiro atoms. The van der Waals surface area contributed by atoms with Crippen molar-refractivity contribution in [2.75, 3.05) is 30.5 Å². The van der Waals surface area contributed by atoms with Crippen LogP contribution in [-0.2, 0) is 27.4 Å². The maximum absolute atomic E-state index is 15.9. The number of rotatable bonds is 9. The molecule has 47 heavy (non-hydrogen) atoms. The van der Waals surface area contributed by atoms with Crippen LogP contribution >= 0.6 is 0 Å². The highest BCUT2D eigenvalue weighted by atomic mass is 19.1. The lowest BCUT2D eigenvalue weighted by Crippen LogP contribution is -2.67. The van der Waals surface area contributed by atoms with Gasteiger partial charge in [-0.3, -0.25) is 14.7 Å². The molecule has 2 saturated heterocycles. The Morgan fingerprint density at radius 3 is 2.66 bits per heavy atom. The summed E-state index contributed by atoms with van der Waals surface area (Å²) in [4.78, 5) is 40.4. The van der Waals surface area contributed by atoms with Crippen molar-refractivity contribution in [3.05, 3.63) is 77.9 Å². The fraction of sp³-hybridized carbons (Fsp3) is 0.382. The maximum atomic E-state index is 15.9. The quantitative estimate of drug-likeness (QED) is 0.259. The average molecular weight is 643 g/mol. The largest absolute Gasteiger partial charge is 0.481 e. The van der Waals surface area contributed by atoms with Crippen LogP contribution in [0.25, 0.3) is 11.0 Å². The first kappa shape index (κ1) is 30.8. The van der Waals surface area contributed by atoms with E-state index in [4.69, 9.17) is 18.9 Å². The van der Waals surface area contributed by atoms with Gasteiger partial charge in [0.15, 0.2) is 24.0 Å². The van der Waals surface area contributed by atoms with Crippen molar-refractivity contribution in [2.24, 2.45) is 0 Å². The summed E-state index contributed by atoms with van der Waals surface area (Å²) in [5.74, 6) is 0.277. The predicted molar refractivity (Wildman–Crippen MR) is 170 cm³/mol. The Hall–Kier alpha value is -4.88. The predicted octanol–water partition coefficient (Wildman–Crippen LogP) is 4.91. The summed E-state index contributed by atoms with van der Waals surface area (Å²) in [6.07, 6.45) is 3.14. The van der Waals surface area contributed by atoms with Crippen LogP contribution in [0.3, 0.4) is 0 Å². The molecular formula is C34H35FN6O6. The van der Waals surface area contributed by atoms with Crippen molar-refractivity contribution in [1.29, 1.82) is 0 Å². The number of anilines is 2. The fourth-order valence-electron chi connectivity index (χ4n) is 6.69. The first-order valence-electron chi connectivity index (χ1n) is 15.6. The lowest BCUT2D eigenvalue weighted by Gasteiger charge is -2.56. The average Bonchev–Trinajstić information content (AvgIpc) is 3.11. The van der Waals surface area contributed by atoms with Gasteiger partial charge in [-0.2, -0.15) is 0 Å². The molecule has 1 saturated carbocycles. The Kier molecular flexibility index (Phi) is 8.10. The SMILES string of the molecule is COc1ccc2ncc(F)c(N(C(=O)OCc3ccccc3)C(C)C34CCC(NCc5ccc6c(n5)NC(=O)CO6)(CC3)CO4)c2n1. The van der Waals surface area contributed by atoms with E-state index in [1.807, 2.05) is 43.3 Å². The molecule has 2 bridgehead atoms. The van der Waals surface area contributed by atoms with Gasteiger partial charge in [-0.1, -0.05) is 30.3 Å². The van der Waals surface area contributed by atoms with E-state index in [9.17, 15) is 9.59 Å². The van der Waals surface area contributed by atoms with Crippen LogP contribution in [0.2, 0.25) is 0 Å². The number of carbonyl (C=O) groups excluding carboxylic acids is 2. The summed E-state index contributed by atoms with van der Waals surface area (Å²) in [7, 11) is 1.47. The van der Waals surface area contributed by atoms with E-state index in [-0.39, 0.29) is 41.7 Å². The van der Waals surface area contributed by atoms with Gasteiger partial charge in [-0.05, 0) is 56.4 Å². The number of aromatic nitrogens is 3. The summed E-state index contributed by atoms with van der Waals surface area (Å²) in [6, 6.07) is 15.7. The molecule has 244 valence electrons. The van der Waals surface area contributed by atoms with Gasteiger partial charge in [0, 0.05) is 18.2 Å². The van der Waals surface area contributed by atoms with Gasteiger partial charge in [-0.25, -0.2) is 19.2 Å². The second-order valence-corrected chi connectivity index (χ2v) is 12.2. The van der Waals surface area contributed by atoms with Crippen LogP contribution in [0.5, 0.6) is 11.6 Å². The van der Waals surface area contributed by atoms with Gasteiger partial charge in [-0.15, -0.1) is 0 Å². The Balaban J connectivity index is 1.13. The minimum atomic E-state index is -0.762. The minimum Gasteiger partial charge on any atom is -0.481 e. The minimum absolute atomic E-state index is 0.0116. The molecule has 8 rings (SSSR count). The molecule has 2 N–H and O–H groups in total. The van der Waals surface area contributed by atoms with Crippen LogP contribution in [-0.4, -0.2) is 64.5 Å². The lowest BCUT2D eigenvalue weighted by atomic mass is 9.68. The summed E-state index contributed by atoms with van der Waals surface area (Å²) in [5.41, 5.74) is 1.06. The van der Waals surface area contributed by atoms with Crippen molar-refractivity contribution in [1.82, 2.24) is 20.3 Å². The zero-order valence-electron chi connectivity index (χ0n) is 26.1. The fourth-order valence-corrected chi connectivity index (χ4v) is 6.69. The third-order valence-corrected chi connectivity index (χ3v) is 9.48. The Morgan fingerprint density at radius 1 is 1.11 bits per heavy atom. The first-order chi connectivity index (χ1) is 22.8. The summed E-state index contributed by atoms with van der Waals surface area (Å²) < 4.78 is 39.1. The molecule has 1 aliphatic carbocycles. The molecular weight excluding hydrogens is 607 g/mol. The zero-order valence-corrected chi connectivity index (χ0v) is 26.1.